The first-order chi connectivity index (χ1) is 14.5. The Morgan fingerprint density at radius 2 is 2.03 bits per heavy atom. The van der Waals surface area contributed by atoms with Gasteiger partial charge in [-0.25, -0.2) is 4.79 Å². The Balaban J connectivity index is 1.47. The van der Waals surface area contributed by atoms with E-state index < -0.39 is 11.9 Å². The van der Waals surface area contributed by atoms with Crippen molar-refractivity contribution in [2.75, 3.05) is 6.79 Å². The number of urea groups is 1. The summed E-state index contributed by atoms with van der Waals surface area (Å²) in [5.41, 5.74) is 1.32. The summed E-state index contributed by atoms with van der Waals surface area (Å²) >= 11 is 0. The van der Waals surface area contributed by atoms with Crippen LogP contribution in [0, 0.1) is 5.92 Å². The van der Waals surface area contributed by atoms with Gasteiger partial charge in [-0.3, -0.25) is 0 Å². The van der Waals surface area contributed by atoms with Crippen LogP contribution in [-0.4, -0.2) is 50.1 Å². The molecule has 30 heavy (non-hydrogen) atoms. The number of aromatic nitrogens is 2. The Kier molecular flexibility index (Phi) is 4.23. The molecule has 1 aromatic carbocycles. The predicted octanol–water partition coefficient (Wildman–Crippen LogP) is 2.53. The van der Waals surface area contributed by atoms with Crippen LogP contribution >= 0.6 is 0 Å². The summed E-state index contributed by atoms with van der Waals surface area (Å²) in [6.07, 6.45) is 7.17. The van der Waals surface area contributed by atoms with Gasteiger partial charge in [-0.15, -0.1) is 0 Å². The van der Waals surface area contributed by atoms with Crippen molar-refractivity contribution in [3.05, 3.63) is 48.4 Å². The number of carbonyl (C=O) groups excluding carboxylic acids is 2. The Morgan fingerprint density at radius 3 is 2.87 bits per heavy atom. The Labute approximate surface area is 171 Å². The zero-order chi connectivity index (χ0) is 20.8. The van der Waals surface area contributed by atoms with Gasteiger partial charge in [-0.2, -0.15) is 19.3 Å². The monoisotopic (exact) mass is 407 g/mol. The smallest absolute Gasteiger partial charge is 0.454 e. The molecule has 2 aliphatic heterocycles. The zero-order valence-electron chi connectivity index (χ0n) is 16.4. The molecule has 0 saturated carbocycles. The van der Waals surface area contributed by atoms with Gasteiger partial charge in [0.25, 0.3) is 5.89 Å². The molecule has 0 fully saturated rings. The first-order valence-corrected chi connectivity index (χ1v) is 9.62. The number of rotatable bonds is 4. The maximum Gasteiger partial charge on any atom is 0.501 e. The second-order valence-corrected chi connectivity index (χ2v) is 7.40. The van der Waals surface area contributed by atoms with E-state index in [1.54, 1.807) is 30.4 Å². The van der Waals surface area contributed by atoms with Crippen LogP contribution in [-0.2, 0) is 11.3 Å². The maximum atomic E-state index is 13.1. The van der Waals surface area contributed by atoms with Gasteiger partial charge in [0.15, 0.2) is 18.0 Å². The Bertz CT molecular complexity index is 1140. The van der Waals surface area contributed by atoms with Crippen LogP contribution in [0.5, 0.6) is 11.5 Å². The van der Waals surface area contributed by atoms with Crippen molar-refractivity contribution in [3.63, 3.8) is 0 Å². The number of carbonyl (C=O) groups is 2. The standard InChI is InChI=1S/C21H19N4O5/c1-12(2)25-20(26)14-5-3-4-6-15(14)24(21(25)27)10-18-22-19(23-30-18)13-7-8-16-17(9-13)29-11-28-16/h3-9,12,14H,10-11H2,1-2H3/q+1. The van der Waals surface area contributed by atoms with Crippen molar-refractivity contribution in [3.8, 4) is 22.9 Å². The Morgan fingerprint density at radius 1 is 1.20 bits per heavy atom. The number of hydrogen-bond donors (Lipinski definition) is 0. The van der Waals surface area contributed by atoms with E-state index in [9.17, 15) is 9.59 Å². The second kappa shape index (κ2) is 6.94. The number of imide groups is 1. The normalized spacial score (nSPS) is 19.8. The fraction of sp³-hybridized carbons (Fsp3) is 0.286. The average Bonchev–Trinajstić information content (AvgIpc) is 3.39. The fourth-order valence-electron chi connectivity index (χ4n) is 3.72. The SMILES string of the molecule is CC(C)N1C(=O)C2C=CC=CC2=[N+](Cc2nc(-c3ccc4c(c3)OCO4)no2)C1=O. The van der Waals surface area contributed by atoms with E-state index in [0.29, 0.717) is 28.6 Å². The minimum absolute atomic E-state index is 0.0664. The van der Waals surface area contributed by atoms with E-state index in [2.05, 4.69) is 10.1 Å². The Hall–Kier alpha value is -3.75. The highest BCUT2D eigenvalue weighted by molar-refractivity contribution is 6.16. The van der Waals surface area contributed by atoms with E-state index in [0.717, 1.165) is 0 Å². The summed E-state index contributed by atoms with van der Waals surface area (Å²) in [7, 11) is 0. The van der Waals surface area contributed by atoms with Gasteiger partial charge in [0.05, 0.1) is 0 Å². The molecule has 1 aromatic heterocycles. The molecule has 0 saturated heterocycles. The third-order valence-electron chi connectivity index (χ3n) is 5.16. The van der Waals surface area contributed by atoms with Crippen molar-refractivity contribution in [1.82, 2.24) is 15.0 Å². The molecule has 3 aliphatic rings. The number of amides is 3. The summed E-state index contributed by atoms with van der Waals surface area (Å²) in [6.45, 7) is 3.87. The van der Waals surface area contributed by atoms with Crippen molar-refractivity contribution < 1.29 is 28.2 Å². The number of ether oxygens (including phenoxy) is 2. The molecule has 152 valence electrons. The molecule has 0 bridgehead atoms. The number of fused-ring (bicyclic) bond motifs is 2. The summed E-state index contributed by atoms with van der Waals surface area (Å²) < 4.78 is 17.6. The van der Waals surface area contributed by atoms with Crippen LogP contribution in [0.4, 0.5) is 4.79 Å². The molecule has 0 spiro atoms. The predicted molar refractivity (Wildman–Crippen MR) is 104 cm³/mol. The summed E-state index contributed by atoms with van der Waals surface area (Å²) in [5, 5.41) is 4.03. The van der Waals surface area contributed by atoms with Crippen molar-refractivity contribution in [2.24, 2.45) is 5.92 Å². The minimum atomic E-state index is -0.508. The third-order valence-corrected chi connectivity index (χ3v) is 5.16. The lowest BCUT2D eigenvalue weighted by molar-refractivity contribution is -0.460. The van der Waals surface area contributed by atoms with Crippen molar-refractivity contribution in [1.29, 1.82) is 0 Å². The van der Waals surface area contributed by atoms with Crippen LogP contribution in [0.15, 0.2) is 47.0 Å². The van der Waals surface area contributed by atoms with Crippen LogP contribution in [0.3, 0.4) is 0 Å². The lowest BCUT2D eigenvalue weighted by Crippen LogP contribution is -2.56. The van der Waals surface area contributed by atoms with Gasteiger partial charge in [0, 0.05) is 5.56 Å². The molecule has 0 radical (unpaired) electrons. The van der Waals surface area contributed by atoms with Crippen LogP contribution in [0.1, 0.15) is 19.7 Å². The van der Waals surface area contributed by atoms with Gasteiger partial charge < -0.3 is 14.0 Å². The zero-order valence-corrected chi connectivity index (χ0v) is 16.4. The fourth-order valence-corrected chi connectivity index (χ4v) is 3.72. The lowest BCUT2D eigenvalue weighted by Gasteiger charge is -2.28. The highest BCUT2D eigenvalue weighted by Crippen LogP contribution is 2.35. The molecule has 0 N–H and O–H groups in total. The van der Waals surface area contributed by atoms with Crippen LogP contribution < -0.4 is 9.47 Å². The van der Waals surface area contributed by atoms with E-state index in [1.165, 1.54) is 9.48 Å². The molecule has 1 aliphatic carbocycles. The number of nitrogens with zero attached hydrogens (tertiary/aromatic N) is 4. The molecule has 3 amide bonds. The molecule has 1 atom stereocenters. The van der Waals surface area contributed by atoms with Crippen LogP contribution in [0.2, 0.25) is 0 Å². The summed E-state index contributed by atoms with van der Waals surface area (Å²) in [4.78, 5) is 31.6. The largest absolute Gasteiger partial charge is 0.501 e. The molecule has 1 unspecified atom stereocenters. The molecule has 2 aromatic rings. The average molecular weight is 407 g/mol. The van der Waals surface area contributed by atoms with Crippen molar-refractivity contribution >= 4 is 17.6 Å². The second-order valence-electron chi connectivity index (χ2n) is 7.40. The van der Waals surface area contributed by atoms with E-state index in [1.807, 2.05) is 26.0 Å². The molecular weight excluding hydrogens is 388 g/mol. The van der Waals surface area contributed by atoms with E-state index >= 15 is 0 Å². The van der Waals surface area contributed by atoms with Crippen molar-refractivity contribution in [2.45, 2.75) is 26.4 Å². The van der Waals surface area contributed by atoms with Gasteiger partial charge in [0.2, 0.25) is 12.6 Å². The first kappa shape index (κ1) is 18.3. The first-order valence-electron chi connectivity index (χ1n) is 9.62. The molecular formula is C21H19N4O5+. The summed E-state index contributed by atoms with van der Waals surface area (Å²) in [6, 6.07) is 4.71. The highest BCUT2D eigenvalue weighted by atomic mass is 16.7. The van der Waals surface area contributed by atoms with Gasteiger partial charge in [-0.1, -0.05) is 23.4 Å². The van der Waals surface area contributed by atoms with E-state index in [4.69, 9.17) is 14.0 Å². The van der Waals surface area contributed by atoms with Crippen LogP contribution in [0.25, 0.3) is 11.4 Å². The van der Waals surface area contributed by atoms with Gasteiger partial charge in [0.1, 0.15) is 17.7 Å². The number of allylic oxidation sites excluding steroid dienone is 3. The number of benzene rings is 1. The number of hydrogen-bond acceptors (Lipinski definition) is 7. The van der Waals surface area contributed by atoms with Gasteiger partial charge >= 0.3 is 11.9 Å². The quantitative estimate of drug-likeness (QED) is 0.719. The molecule has 9 heteroatoms. The third kappa shape index (κ3) is 2.90. The summed E-state index contributed by atoms with van der Waals surface area (Å²) in [5.74, 6) is 1.20. The minimum Gasteiger partial charge on any atom is -0.454 e. The highest BCUT2D eigenvalue weighted by Gasteiger charge is 2.48. The molecule has 5 rings (SSSR count). The van der Waals surface area contributed by atoms with Gasteiger partial charge in [-0.05, 0) is 38.1 Å². The molecule has 9 nitrogen and oxygen atoms in total. The van der Waals surface area contributed by atoms with E-state index in [-0.39, 0.29) is 31.2 Å². The molecule has 3 heterocycles. The maximum absolute atomic E-state index is 13.1. The topological polar surface area (TPSA) is 97.8 Å². The lowest BCUT2D eigenvalue weighted by atomic mass is 9.94.